The van der Waals surface area contributed by atoms with Crippen LogP contribution in [0.2, 0.25) is 0 Å². The molecule has 0 radical (unpaired) electrons. The van der Waals surface area contributed by atoms with Crippen molar-refractivity contribution in [3.8, 4) is 0 Å². The Morgan fingerprint density at radius 1 is 0.467 bits per heavy atom. The molecule has 0 aromatic rings. The molecule has 0 aromatic carbocycles. The molecule has 29 heteroatoms. The zero-order chi connectivity index (χ0) is 6.78. The Morgan fingerprint density at radius 3 is 0.567 bits per heavy atom. The van der Waals surface area contributed by atoms with Crippen molar-refractivity contribution in [2.75, 3.05) is 0 Å². The smallest absolute Gasteiger partial charge is 0.731 e. The first-order valence-corrected chi connectivity index (χ1v) is 2.61. The van der Waals surface area contributed by atoms with Gasteiger partial charge in [0.2, 0.25) is 10.4 Å². The van der Waals surface area contributed by atoms with E-state index >= 15 is 0 Å². The molecule has 0 aliphatic carbocycles. The van der Waals surface area contributed by atoms with E-state index in [1.54, 1.807) is 0 Å². The van der Waals surface area contributed by atoms with Crippen LogP contribution in [0.5, 0.6) is 0 Å². The first-order chi connectivity index (χ1) is 3.42. The Labute approximate surface area is 211 Å². The maximum Gasteiger partial charge on any atom is 1.00 e. The standard InChI is InChI=1S/CH2O6S.2Na.20H2O/c2-1(3)7-8(4,5)6;;;;;;;;;;;;;;;;;;;;;;/h(H,2,3)(H,4,5,6);;;20*1H2/q;2*+1;;;;;;;;;;;;;;;;;;;;/p-2. The molecular formula is CH40Na2O26S. The molecule has 40 N–H and O–H groups in total. The van der Waals surface area contributed by atoms with Gasteiger partial charge in [-0.2, -0.15) is 0 Å². The van der Waals surface area contributed by atoms with Gasteiger partial charge in [-0.1, -0.05) is 0 Å². The van der Waals surface area contributed by atoms with E-state index in [2.05, 4.69) is 4.18 Å². The summed E-state index contributed by atoms with van der Waals surface area (Å²) in [6.07, 6.45) is -2.38. The fourth-order valence-corrected chi connectivity index (χ4v) is 0.250. The van der Waals surface area contributed by atoms with E-state index in [9.17, 15) is 13.0 Å². The molecule has 0 amide bonds. The van der Waals surface area contributed by atoms with Crippen molar-refractivity contribution >= 4 is 16.6 Å². The van der Waals surface area contributed by atoms with E-state index in [-0.39, 0.29) is 169 Å². The third-order valence-electron chi connectivity index (χ3n) is 0.170. The summed E-state index contributed by atoms with van der Waals surface area (Å²) in [6, 6.07) is 0. The van der Waals surface area contributed by atoms with Crippen LogP contribution in [0.4, 0.5) is 4.79 Å². The van der Waals surface area contributed by atoms with Gasteiger partial charge in [-0.25, -0.2) is 8.42 Å². The van der Waals surface area contributed by atoms with Crippen molar-refractivity contribution in [3.63, 3.8) is 0 Å². The molecule has 0 atom stereocenters. The normalized spacial score (nSPS) is 2.83. The molecule has 0 saturated heterocycles. The van der Waals surface area contributed by atoms with Gasteiger partial charge in [0.25, 0.3) is 6.16 Å². The molecule has 0 unspecified atom stereocenters. The third-order valence-corrected chi connectivity index (χ3v) is 0.510. The SMILES string of the molecule is O.O.O.O.O.O.O.O.O.O.O.O.O.O.O.O.O.O.O.O.O=C([O-])OS(=O)(=O)[O-].[Na+].[Na+]. The van der Waals surface area contributed by atoms with Crippen molar-refractivity contribution in [2.24, 2.45) is 0 Å². The zero-order valence-electron chi connectivity index (χ0n) is 15.4. The average molecular weight is 546 g/mol. The Morgan fingerprint density at radius 2 is 0.567 bits per heavy atom. The Bertz CT molecular complexity index is 189. The van der Waals surface area contributed by atoms with Gasteiger partial charge < -0.3 is 128 Å². The van der Waals surface area contributed by atoms with Crippen LogP contribution in [0.25, 0.3) is 0 Å². The molecule has 0 spiro atoms. The number of carbonyl (C=O) groups is 1. The predicted octanol–water partition coefficient (Wildman–Crippen LogP) is -24.7. The monoisotopic (exact) mass is 546 g/mol. The summed E-state index contributed by atoms with van der Waals surface area (Å²) < 4.78 is 30.4. The molecule has 0 heterocycles. The molecular weight excluding hydrogens is 506 g/mol. The summed E-state index contributed by atoms with van der Waals surface area (Å²) >= 11 is 0. The maximum atomic E-state index is 9.24. The van der Waals surface area contributed by atoms with Crippen LogP contribution >= 0.6 is 0 Å². The summed E-state index contributed by atoms with van der Waals surface area (Å²) in [5.41, 5.74) is 0. The summed E-state index contributed by atoms with van der Waals surface area (Å²) in [4.78, 5) is 9.10. The van der Waals surface area contributed by atoms with Crippen LogP contribution in [-0.4, -0.2) is 129 Å². The molecule has 0 aliphatic rings. The number of hydrogen-bond acceptors (Lipinski definition) is 6. The van der Waals surface area contributed by atoms with Gasteiger partial charge in [0.1, 0.15) is 0 Å². The molecule has 0 saturated carbocycles. The molecule has 30 heavy (non-hydrogen) atoms. The van der Waals surface area contributed by atoms with Crippen molar-refractivity contribution in [1.82, 2.24) is 0 Å². The Hall–Kier alpha value is 0.380. The van der Waals surface area contributed by atoms with Gasteiger partial charge in [-0.05, 0) is 0 Å². The van der Waals surface area contributed by atoms with E-state index in [1.807, 2.05) is 0 Å². The van der Waals surface area contributed by atoms with Crippen LogP contribution < -0.4 is 64.2 Å². The van der Waals surface area contributed by atoms with Gasteiger partial charge in [-0.15, -0.1) is 0 Å². The molecule has 208 valence electrons. The summed E-state index contributed by atoms with van der Waals surface area (Å²) in [7, 11) is -5.14. The third kappa shape index (κ3) is 735. The van der Waals surface area contributed by atoms with Gasteiger partial charge in [-0.3, -0.25) is 0 Å². The first-order valence-electron chi connectivity index (χ1n) is 1.28. The summed E-state index contributed by atoms with van der Waals surface area (Å²) in [5, 5.41) is 9.10. The van der Waals surface area contributed by atoms with E-state index in [0.29, 0.717) is 0 Å². The van der Waals surface area contributed by atoms with Gasteiger partial charge in [0.15, 0.2) is 0 Å². The number of carbonyl (C=O) groups excluding carboxylic acids is 1. The van der Waals surface area contributed by atoms with Crippen LogP contribution in [0.1, 0.15) is 0 Å². The molecule has 0 rings (SSSR count). The quantitative estimate of drug-likeness (QED) is 0.174. The topological polar surface area (TPSA) is 737 Å². The van der Waals surface area contributed by atoms with E-state index in [1.165, 1.54) is 0 Å². The molecule has 26 nitrogen and oxygen atoms in total. The van der Waals surface area contributed by atoms with E-state index in [0.717, 1.165) is 0 Å². The van der Waals surface area contributed by atoms with Crippen molar-refractivity contribution < 1.29 is 196 Å². The van der Waals surface area contributed by atoms with Crippen LogP contribution in [0.3, 0.4) is 0 Å². The maximum absolute atomic E-state index is 9.24. The van der Waals surface area contributed by atoms with Crippen molar-refractivity contribution in [1.29, 1.82) is 0 Å². The van der Waals surface area contributed by atoms with Crippen molar-refractivity contribution in [2.45, 2.75) is 0 Å². The number of carboxylic acid groups (broad SMARTS) is 1. The first kappa shape index (κ1) is 481. The largest absolute Gasteiger partial charge is 1.00 e. The Balaban J connectivity index is -0.00000000106. The van der Waals surface area contributed by atoms with E-state index < -0.39 is 16.6 Å². The minimum absolute atomic E-state index is 0. The molecule has 0 aromatic heterocycles. The van der Waals surface area contributed by atoms with Crippen LogP contribution in [-0.2, 0) is 14.6 Å². The fraction of sp³-hybridized carbons (Fsp3) is 0. The second-order valence-corrected chi connectivity index (χ2v) is 1.72. The summed E-state index contributed by atoms with van der Waals surface area (Å²) in [6.45, 7) is 0. The van der Waals surface area contributed by atoms with Crippen LogP contribution in [0.15, 0.2) is 0 Å². The zero-order valence-corrected chi connectivity index (χ0v) is 20.2. The Kier molecular flexibility index (Phi) is 3520. The van der Waals surface area contributed by atoms with Gasteiger partial charge >= 0.3 is 59.1 Å². The predicted molar refractivity (Wildman–Crippen MR) is 88.5 cm³/mol. The van der Waals surface area contributed by atoms with Crippen molar-refractivity contribution in [3.05, 3.63) is 0 Å². The second kappa shape index (κ2) is 220. The van der Waals surface area contributed by atoms with Crippen LogP contribution in [0, 0.1) is 0 Å². The summed E-state index contributed by atoms with van der Waals surface area (Å²) in [5.74, 6) is 0. The average Bonchev–Trinajstić information content (AvgIpc) is 1.21. The van der Waals surface area contributed by atoms with E-state index in [4.69, 9.17) is 9.90 Å². The molecule has 0 fully saturated rings. The molecule has 0 aliphatic heterocycles. The number of rotatable bonds is 1. The second-order valence-electron chi connectivity index (χ2n) is 0.742. The van der Waals surface area contributed by atoms with Gasteiger partial charge in [0.05, 0.1) is 0 Å². The van der Waals surface area contributed by atoms with Gasteiger partial charge in [0, 0.05) is 0 Å². The fourth-order valence-electron chi connectivity index (χ4n) is 0.0833. The minimum atomic E-state index is -5.14. The number of hydrogen-bond donors (Lipinski definition) is 0. The minimum Gasteiger partial charge on any atom is -0.731 e. The molecule has 0 bridgehead atoms.